The fourth-order valence-corrected chi connectivity index (χ4v) is 2.78. The third-order valence-electron chi connectivity index (χ3n) is 3.93. The molecule has 1 aromatic carbocycles. The predicted molar refractivity (Wildman–Crippen MR) is 84.0 cm³/mol. The maximum Gasteiger partial charge on any atom is 0.241 e. The van der Waals surface area contributed by atoms with Gasteiger partial charge in [0.15, 0.2) is 0 Å². The van der Waals surface area contributed by atoms with Crippen LogP contribution in [-0.4, -0.2) is 30.4 Å². The maximum atomic E-state index is 12.3. The molecule has 0 bridgehead atoms. The topological polar surface area (TPSA) is 32.3 Å². The number of amides is 1. The normalized spacial score (nSPS) is 15.8. The van der Waals surface area contributed by atoms with Crippen molar-refractivity contribution in [3.63, 3.8) is 0 Å². The number of nitrogens with zero attached hydrogens (tertiary/aromatic N) is 1. The molecule has 20 heavy (non-hydrogen) atoms. The van der Waals surface area contributed by atoms with Crippen molar-refractivity contribution in [2.75, 3.05) is 25.0 Å². The standard InChI is InChI=1S/C17H26N2O/c1-2-9-15-10-5-6-11-16(15)18-14-17(20)19-12-7-3-4-8-13-19/h5-6,10-11,18H,2-4,7-9,12-14H2,1H3. The van der Waals surface area contributed by atoms with Crippen LogP contribution in [0.25, 0.3) is 0 Å². The molecule has 1 heterocycles. The van der Waals surface area contributed by atoms with Crippen molar-refractivity contribution in [1.29, 1.82) is 0 Å². The lowest BCUT2D eigenvalue weighted by atomic mass is 10.1. The second-order valence-electron chi connectivity index (χ2n) is 5.56. The number of rotatable bonds is 5. The Morgan fingerprint density at radius 1 is 1.15 bits per heavy atom. The Bertz CT molecular complexity index is 423. The zero-order chi connectivity index (χ0) is 14.2. The van der Waals surface area contributed by atoms with Gasteiger partial charge >= 0.3 is 0 Å². The minimum Gasteiger partial charge on any atom is -0.376 e. The average molecular weight is 274 g/mol. The first-order valence-corrected chi connectivity index (χ1v) is 7.91. The summed E-state index contributed by atoms with van der Waals surface area (Å²) in [4.78, 5) is 14.3. The fourth-order valence-electron chi connectivity index (χ4n) is 2.78. The summed E-state index contributed by atoms with van der Waals surface area (Å²) in [6, 6.07) is 8.30. The monoisotopic (exact) mass is 274 g/mol. The minimum absolute atomic E-state index is 0.234. The molecule has 1 N–H and O–H groups in total. The van der Waals surface area contributed by atoms with Gasteiger partial charge in [-0.1, -0.05) is 44.4 Å². The number of carbonyl (C=O) groups is 1. The fraction of sp³-hybridized carbons (Fsp3) is 0.588. The first-order chi connectivity index (χ1) is 9.81. The molecule has 0 radical (unpaired) electrons. The van der Waals surface area contributed by atoms with E-state index in [1.165, 1.54) is 18.4 Å². The van der Waals surface area contributed by atoms with E-state index in [-0.39, 0.29) is 5.91 Å². The van der Waals surface area contributed by atoms with E-state index in [0.717, 1.165) is 44.5 Å². The molecule has 1 saturated heterocycles. The van der Waals surface area contributed by atoms with Crippen LogP contribution in [0.2, 0.25) is 0 Å². The number of likely N-dealkylation sites (tertiary alicyclic amines) is 1. The molecule has 0 aliphatic carbocycles. The van der Waals surface area contributed by atoms with E-state index in [4.69, 9.17) is 0 Å². The molecule has 0 aromatic heterocycles. The molecule has 1 aliphatic heterocycles. The Balaban J connectivity index is 1.89. The number of benzene rings is 1. The van der Waals surface area contributed by atoms with Crippen LogP contribution in [0.5, 0.6) is 0 Å². The Kier molecular flexibility index (Phi) is 5.90. The zero-order valence-electron chi connectivity index (χ0n) is 12.5. The smallest absolute Gasteiger partial charge is 0.241 e. The van der Waals surface area contributed by atoms with Crippen LogP contribution < -0.4 is 5.32 Å². The van der Waals surface area contributed by atoms with Crippen molar-refractivity contribution >= 4 is 11.6 Å². The van der Waals surface area contributed by atoms with E-state index < -0.39 is 0 Å². The first-order valence-electron chi connectivity index (χ1n) is 7.91. The molecular weight excluding hydrogens is 248 g/mol. The summed E-state index contributed by atoms with van der Waals surface area (Å²) >= 11 is 0. The molecule has 1 fully saturated rings. The largest absolute Gasteiger partial charge is 0.376 e. The molecule has 0 atom stereocenters. The van der Waals surface area contributed by atoms with E-state index in [1.54, 1.807) is 0 Å². The maximum absolute atomic E-state index is 12.3. The molecule has 3 heteroatoms. The lowest BCUT2D eigenvalue weighted by molar-refractivity contribution is -0.129. The lowest BCUT2D eigenvalue weighted by Gasteiger charge is -2.21. The molecular formula is C17H26N2O. The van der Waals surface area contributed by atoms with Gasteiger partial charge in [0.2, 0.25) is 5.91 Å². The quantitative estimate of drug-likeness (QED) is 0.892. The number of nitrogens with one attached hydrogen (secondary N) is 1. The van der Waals surface area contributed by atoms with Crippen molar-refractivity contribution in [3.05, 3.63) is 29.8 Å². The van der Waals surface area contributed by atoms with Gasteiger partial charge in [0.25, 0.3) is 0 Å². The first kappa shape index (κ1) is 14.9. The summed E-state index contributed by atoms with van der Waals surface area (Å²) in [5.41, 5.74) is 2.41. The highest BCUT2D eigenvalue weighted by Gasteiger charge is 2.15. The van der Waals surface area contributed by atoms with Crippen LogP contribution in [0.3, 0.4) is 0 Å². The molecule has 2 rings (SSSR count). The highest BCUT2D eigenvalue weighted by Crippen LogP contribution is 2.17. The minimum atomic E-state index is 0.234. The van der Waals surface area contributed by atoms with Gasteiger partial charge in [-0.3, -0.25) is 4.79 Å². The Hall–Kier alpha value is -1.51. The molecule has 1 amide bonds. The molecule has 0 unspecified atom stereocenters. The summed E-state index contributed by atoms with van der Waals surface area (Å²) in [7, 11) is 0. The highest BCUT2D eigenvalue weighted by molar-refractivity contribution is 5.81. The number of hydrogen-bond acceptors (Lipinski definition) is 2. The lowest BCUT2D eigenvalue weighted by Crippen LogP contribution is -2.36. The van der Waals surface area contributed by atoms with Crippen molar-refractivity contribution < 1.29 is 4.79 Å². The van der Waals surface area contributed by atoms with Gasteiger partial charge in [-0.25, -0.2) is 0 Å². The van der Waals surface area contributed by atoms with E-state index in [0.29, 0.717) is 6.54 Å². The van der Waals surface area contributed by atoms with Gasteiger partial charge in [0.1, 0.15) is 0 Å². The number of hydrogen-bond donors (Lipinski definition) is 1. The summed E-state index contributed by atoms with van der Waals surface area (Å²) in [5.74, 6) is 0.234. The Morgan fingerprint density at radius 3 is 2.55 bits per heavy atom. The van der Waals surface area contributed by atoms with Crippen LogP contribution in [0, 0.1) is 0 Å². The van der Waals surface area contributed by atoms with Gasteiger partial charge in [0, 0.05) is 18.8 Å². The Morgan fingerprint density at radius 2 is 1.85 bits per heavy atom. The van der Waals surface area contributed by atoms with Gasteiger partial charge < -0.3 is 10.2 Å². The second kappa shape index (κ2) is 7.93. The molecule has 1 aliphatic rings. The molecule has 3 nitrogen and oxygen atoms in total. The Labute approximate surface area is 122 Å². The number of anilines is 1. The number of para-hydroxylation sites is 1. The SMILES string of the molecule is CCCc1ccccc1NCC(=O)N1CCCCCC1. The third-order valence-corrected chi connectivity index (χ3v) is 3.93. The number of carbonyl (C=O) groups excluding carboxylic acids is 1. The van der Waals surface area contributed by atoms with Crippen molar-refractivity contribution in [3.8, 4) is 0 Å². The van der Waals surface area contributed by atoms with Crippen LogP contribution >= 0.6 is 0 Å². The summed E-state index contributed by atoms with van der Waals surface area (Å²) in [5, 5.41) is 3.32. The van der Waals surface area contributed by atoms with E-state index in [9.17, 15) is 4.79 Å². The van der Waals surface area contributed by atoms with Gasteiger partial charge in [-0.2, -0.15) is 0 Å². The predicted octanol–water partition coefficient (Wildman–Crippen LogP) is 3.45. The van der Waals surface area contributed by atoms with Crippen LogP contribution in [-0.2, 0) is 11.2 Å². The zero-order valence-corrected chi connectivity index (χ0v) is 12.5. The van der Waals surface area contributed by atoms with Gasteiger partial charge in [0.05, 0.1) is 6.54 Å². The van der Waals surface area contributed by atoms with Crippen LogP contribution in [0.15, 0.2) is 24.3 Å². The van der Waals surface area contributed by atoms with Gasteiger partial charge in [-0.05, 0) is 30.9 Å². The van der Waals surface area contributed by atoms with E-state index >= 15 is 0 Å². The third kappa shape index (κ3) is 4.26. The molecule has 0 saturated carbocycles. The summed E-state index contributed by atoms with van der Waals surface area (Å²) in [6.45, 7) is 4.45. The highest BCUT2D eigenvalue weighted by atomic mass is 16.2. The summed E-state index contributed by atoms with van der Waals surface area (Å²) in [6.07, 6.45) is 7.00. The van der Waals surface area contributed by atoms with Gasteiger partial charge in [-0.15, -0.1) is 0 Å². The number of aryl methyl sites for hydroxylation is 1. The van der Waals surface area contributed by atoms with E-state index in [1.807, 2.05) is 11.0 Å². The van der Waals surface area contributed by atoms with Crippen LogP contribution in [0.4, 0.5) is 5.69 Å². The summed E-state index contributed by atoms with van der Waals surface area (Å²) < 4.78 is 0. The van der Waals surface area contributed by atoms with Crippen LogP contribution in [0.1, 0.15) is 44.6 Å². The molecule has 110 valence electrons. The molecule has 0 spiro atoms. The van der Waals surface area contributed by atoms with Crippen molar-refractivity contribution in [2.45, 2.75) is 45.4 Å². The van der Waals surface area contributed by atoms with E-state index in [2.05, 4.69) is 30.4 Å². The second-order valence-corrected chi connectivity index (χ2v) is 5.56. The van der Waals surface area contributed by atoms with Crippen molar-refractivity contribution in [1.82, 2.24) is 4.90 Å². The van der Waals surface area contributed by atoms with Crippen molar-refractivity contribution in [2.24, 2.45) is 0 Å². The average Bonchev–Trinajstić information content (AvgIpc) is 2.75. The molecule has 1 aromatic rings.